The number of nitrogens with one attached hydrogen (secondary N) is 2. The molecule has 7 nitrogen and oxygen atoms in total. The van der Waals surface area contributed by atoms with Crippen molar-refractivity contribution in [2.45, 2.75) is 25.8 Å². The first-order valence-electron chi connectivity index (χ1n) is 5.78. The Kier molecular flexibility index (Phi) is 5.69. The van der Waals surface area contributed by atoms with Crippen molar-refractivity contribution in [2.75, 3.05) is 13.6 Å². The van der Waals surface area contributed by atoms with Crippen LogP contribution in [0.4, 0.5) is 4.79 Å². The van der Waals surface area contributed by atoms with Gasteiger partial charge in [-0.25, -0.2) is 4.79 Å². The Bertz CT molecular complexity index is 378. The highest BCUT2D eigenvalue weighted by Crippen LogP contribution is 2.00. The molecular formula is C11H18N4O3. The zero-order valence-corrected chi connectivity index (χ0v) is 10.3. The topological polar surface area (TPSA) is 98.3 Å². The van der Waals surface area contributed by atoms with E-state index < -0.39 is 5.97 Å². The number of urea groups is 1. The quantitative estimate of drug-likeness (QED) is 0.627. The molecule has 0 spiro atoms. The molecule has 2 amide bonds. The van der Waals surface area contributed by atoms with E-state index in [1.54, 1.807) is 24.3 Å². The van der Waals surface area contributed by atoms with E-state index in [-0.39, 0.29) is 12.5 Å². The van der Waals surface area contributed by atoms with E-state index in [0.29, 0.717) is 25.9 Å². The summed E-state index contributed by atoms with van der Waals surface area (Å²) < 4.78 is 0. The first-order valence-corrected chi connectivity index (χ1v) is 5.78. The number of H-pyrrole nitrogens is 1. The first kappa shape index (κ1) is 14.0. The van der Waals surface area contributed by atoms with Crippen LogP contribution in [0, 0.1) is 0 Å². The lowest BCUT2D eigenvalue weighted by atomic mass is 10.2. The molecule has 0 unspecified atom stereocenters. The highest BCUT2D eigenvalue weighted by molar-refractivity contribution is 5.73. The van der Waals surface area contributed by atoms with Crippen molar-refractivity contribution in [3.63, 3.8) is 0 Å². The summed E-state index contributed by atoms with van der Waals surface area (Å²) >= 11 is 0. The maximum absolute atomic E-state index is 11.6. The minimum Gasteiger partial charge on any atom is -0.481 e. The van der Waals surface area contributed by atoms with E-state index in [9.17, 15) is 9.59 Å². The van der Waals surface area contributed by atoms with E-state index in [0.717, 1.165) is 5.56 Å². The molecule has 1 rings (SSSR count). The van der Waals surface area contributed by atoms with Gasteiger partial charge in [-0.15, -0.1) is 0 Å². The molecular weight excluding hydrogens is 236 g/mol. The first-order chi connectivity index (χ1) is 8.59. The number of aliphatic carboxylic acids is 1. The number of hydrogen-bond acceptors (Lipinski definition) is 3. The molecule has 100 valence electrons. The van der Waals surface area contributed by atoms with E-state index in [1.165, 1.54) is 0 Å². The fraction of sp³-hybridized carbons (Fsp3) is 0.545. The molecule has 0 fully saturated rings. The van der Waals surface area contributed by atoms with Crippen LogP contribution in [0.2, 0.25) is 0 Å². The number of unbranched alkanes of at least 4 members (excludes halogenated alkanes) is 1. The van der Waals surface area contributed by atoms with Crippen molar-refractivity contribution >= 4 is 12.0 Å². The van der Waals surface area contributed by atoms with Crippen LogP contribution in [-0.4, -0.2) is 45.8 Å². The summed E-state index contributed by atoms with van der Waals surface area (Å²) in [6.45, 7) is 0.972. The summed E-state index contributed by atoms with van der Waals surface area (Å²) in [6, 6.07) is -0.175. The summed E-state index contributed by atoms with van der Waals surface area (Å²) in [4.78, 5) is 23.5. The average Bonchev–Trinajstić information content (AvgIpc) is 2.80. The molecule has 0 aromatic carbocycles. The SMILES string of the molecule is CN(Cc1cn[nH]c1)C(=O)NCCCCC(=O)O. The minimum absolute atomic E-state index is 0.140. The second-order valence-corrected chi connectivity index (χ2v) is 4.05. The predicted octanol–water partition coefficient (Wildman–Crippen LogP) is 0.806. The van der Waals surface area contributed by atoms with E-state index >= 15 is 0 Å². The maximum Gasteiger partial charge on any atom is 0.317 e. The van der Waals surface area contributed by atoms with Crippen molar-refractivity contribution in [2.24, 2.45) is 0 Å². The fourth-order valence-corrected chi connectivity index (χ4v) is 1.44. The summed E-state index contributed by atoms with van der Waals surface area (Å²) in [5.41, 5.74) is 0.929. The van der Waals surface area contributed by atoms with Gasteiger partial charge in [0, 0.05) is 31.8 Å². The van der Waals surface area contributed by atoms with Crippen LogP contribution in [0.3, 0.4) is 0 Å². The molecule has 0 aliphatic heterocycles. The van der Waals surface area contributed by atoms with Crippen LogP contribution in [0.5, 0.6) is 0 Å². The Morgan fingerprint density at radius 1 is 1.50 bits per heavy atom. The molecule has 0 radical (unpaired) electrons. The van der Waals surface area contributed by atoms with Crippen molar-refractivity contribution in [3.8, 4) is 0 Å². The van der Waals surface area contributed by atoms with Gasteiger partial charge in [-0.1, -0.05) is 0 Å². The number of carbonyl (C=O) groups excluding carboxylic acids is 1. The van der Waals surface area contributed by atoms with Crippen molar-refractivity contribution in [3.05, 3.63) is 18.0 Å². The number of carbonyl (C=O) groups is 2. The van der Waals surface area contributed by atoms with Gasteiger partial charge in [-0.05, 0) is 12.8 Å². The highest BCUT2D eigenvalue weighted by Gasteiger charge is 2.08. The lowest BCUT2D eigenvalue weighted by Gasteiger charge is -2.16. The number of nitrogens with zero attached hydrogens (tertiary/aromatic N) is 2. The van der Waals surface area contributed by atoms with Crippen LogP contribution in [0.25, 0.3) is 0 Å². The molecule has 0 saturated heterocycles. The zero-order valence-electron chi connectivity index (χ0n) is 10.3. The van der Waals surface area contributed by atoms with Crippen LogP contribution >= 0.6 is 0 Å². The third-order valence-electron chi connectivity index (χ3n) is 2.41. The Balaban J connectivity index is 2.14. The summed E-state index contributed by atoms with van der Waals surface area (Å²) in [5.74, 6) is -0.807. The molecule has 3 N–H and O–H groups in total. The Morgan fingerprint density at radius 2 is 2.28 bits per heavy atom. The molecule has 7 heteroatoms. The standard InChI is InChI=1S/C11H18N4O3/c1-15(8-9-6-13-14-7-9)11(18)12-5-3-2-4-10(16)17/h6-7H,2-5,8H2,1H3,(H,12,18)(H,13,14)(H,16,17). The van der Waals surface area contributed by atoms with E-state index in [2.05, 4.69) is 15.5 Å². The Hall–Kier alpha value is -2.05. The molecule has 0 atom stereocenters. The second kappa shape index (κ2) is 7.31. The molecule has 1 aromatic heterocycles. The molecule has 1 aromatic rings. The third kappa shape index (κ3) is 5.33. The van der Waals surface area contributed by atoms with Gasteiger partial charge in [0.2, 0.25) is 0 Å². The lowest BCUT2D eigenvalue weighted by Crippen LogP contribution is -2.37. The Labute approximate surface area is 105 Å². The van der Waals surface area contributed by atoms with Gasteiger partial charge in [-0.3, -0.25) is 9.89 Å². The van der Waals surface area contributed by atoms with Crippen molar-refractivity contribution in [1.82, 2.24) is 20.4 Å². The number of carboxylic acids is 1. The normalized spacial score (nSPS) is 10.1. The van der Waals surface area contributed by atoms with Crippen molar-refractivity contribution < 1.29 is 14.7 Å². The van der Waals surface area contributed by atoms with Gasteiger partial charge in [0.05, 0.1) is 12.7 Å². The molecule has 0 saturated carbocycles. The second-order valence-electron chi connectivity index (χ2n) is 4.05. The van der Waals surface area contributed by atoms with E-state index in [4.69, 9.17) is 5.11 Å². The van der Waals surface area contributed by atoms with Crippen molar-refractivity contribution in [1.29, 1.82) is 0 Å². The summed E-state index contributed by atoms with van der Waals surface area (Å²) in [5, 5.41) is 17.7. The summed E-state index contributed by atoms with van der Waals surface area (Å²) in [6.07, 6.45) is 4.77. The lowest BCUT2D eigenvalue weighted by molar-refractivity contribution is -0.137. The molecule has 1 heterocycles. The minimum atomic E-state index is -0.807. The van der Waals surface area contributed by atoms with Gasteiger partial charge in [-0.2, -0.15) is 5.10 Å². The number of amides is 2. The summed E-state index contributed by atoms with van der Waals surface area (Å²) in [7, 11) is 1.69. The van der Waals surface area contributed by atoms with Gasteiger partial charge >= 0.3 is 12.0 Å². The van der Waals surface area contributed by atoms with Gasteiger partial charge in [0.1, 0.15) is 0 Å². The zero-order chi connectivity index (χ0) is 13.4. The molecule has 18 heavy (non-hydrogen) atoms. The van der Waals surface area contributed by atoms with Crippen LogP contribution in [0.15, 0.2) is 12.4 Å². The van der Waals surface area contributed by atoms with Crippen LogP contribution in [0.1, 0.15) is 24.8 Å². The number of carboxylic acid groups (broad SMARTS) is 1. The predicted molar refractivity (Wildman–Crippen MR) is 64.9 cm³/mol. The molecule has 0 bridgehead atoms. The third-order valence-corrected chi connectivity index (χ3v) is 2.41. The fourth-order valence-electron chi connectivity index (χ4n) is 1.44. The van der Waals surface area contributed by atoms with Crippen LogP contribution in [-0.2, 0) is 11.3 Å². The number of aromatic nitrogens is 2. The number of hydrogen-bond donors (Lipinski definition) is 3. The highest BCUT2D eigenvalue weighted by atomic mass is 16.4. The average molecular weight is 254 g/mol. The van der Waals surface area contributed by atoms with Gasteiger partial charge in [0.25, 0.3) is 0 Å². The molecule has 0 aliphatic rings. The largest absolute Gasteiger partial charge is 0.481 e. The smallest absolute Gasteiger partial charge is 0.317 e. The van der Waals surface area contributed by atoms with Gasteiger partial charge < -0.3 is 15.3 Å². The van der Waals surface area contributed by atoms with Crippen LogP contribution < -0.4 is 5.32 Å². The maximum atomic E-state index is 11.6. The number of aromatic amines is 1. The van der Waals surface area contributed by atoms with E-state index in [1.807, 2.05) is 0 Å². The molecule has 0 aliphatic carbocycles. The monoisotopic (exact) mass is 254 g/mol. The Morgan fingerprint density at radius 3 is 2.89 bits per heavy atom. The van der Waals surface area contributed by atoms with Gasteiger partial charge in [0.15, 0.2) is 0 Å². The number of rotatable bonds is 7.